The van der Waals surface area contributed by atoms with Crippen LogP contribution in [0.4, 0.5) is 18.9 Å². The first-order chi connectivity index (χ1) is 15.4. The Morgan fingerprint density at radius 3 is 2.47 bits per heavy atom. The van der Waals surface area contributed by atoms with Crippen LogP contribution in [-0.2, 0) is 4.79 Å². The Labute approximate surface area is 186 Å². The topological polar surface area (TPSA) is 59.8 Å². The fraction of sp³-hybridized carbons (Fsp3) is 0.0870. The van der Waals surface area contributed by atoms with Crippen LogP contribution in [-0.4, -0.2) is 26.4 Å². The van der Waals surface area contributed by atoms with Crippen molar-refractivity contribution in [3.63, 3.8) is 0 Å². The highest BCUT2D eigenvalue weighted by Gasteiger charge is 2.19. The molecule has 0 bridgehead atoms. The van der Waals surface area contributed by atoms with Crippen molar-refractivity contribution in [2.45, 2.75) is 12.1 Å². The van der Waals surface area contributed by atoms with Crippen LogP contribution in [0, 0.1) is 24.4 Å². The molecule has 1 heterocycles. The number of amides is 1. The number of hydrogen-bond acceptors (Lipinski definition) is 4. The van der Waals surface area contributed by atoms with Gasteiger partial charge in [-0.1, -0.05) is 41.6 Å². The van der Waals surface area contributed by atoms with Gasteiger partial charge in [-0.3, -0.25) is 9.36 Å². The number of carbonyl (C=O) groups is 1. The third-order valence-electron chi connectivity index (χ3n) is 4.58. The second-order valence-electron chi connectivity index (χ2n) is 6.92. The summed E-state index contributed by atoms with van der Waals surface area (Å²) < 4.78 is 43.2. The van der Waals surface area contributed by atoms with E-state index < -0.39 is 23.4 Å². The molecule has 1 N–H and O–H groups in total. The molecule has 32 heavy (non-hydrogen) atoms. The highest BCUT2D eigenvalue weighted by atomic mass is 32.2. The number of rotatable bonds is 6. The van der Waals surface area contributed by atoms with Gasteiger partial charge in [0, 0.05) is 11.8 Å². The zero-order chi connectivity index (χ0) is 22.7. The molecule has 3 aromatic carbocycles. The Bertz CT molecular complexity index is 1270. The second-order valence-corrected chi connectivity index (χ2v) is 7.86. The predicted molar refractivity (Wildman–Crippen MR) is 117 cm³/mol. The molecule has 0 aliphatic rings. The van der Waals surface area contributed by atoms with Gasteiger partial charge < -0.3 is 5.32 Å². The van der Waals surface area contributed by atoms with Crippen LogP contribution >= 0.6 is 11.8 Å². The van der Waals surface area contributed by atoms with Crippen molar-refractivity contribution in [3.05, 3.63) is 89.7 Å². The van der Waals surface area contributed by atoms with Gasteiger partial charge in [-0.05, 0) is 43.3 Å². The molecule has 0 saturated heterocycles. The summed E-state index contributed by atoms with van der Waals surface area (Å²) in [6.07, 6.45) is 0. The van der Waals surface area contributed by atoms with Gasteiger partial charge in [-0.25, -0.2) is 13.2 Å². The van der Waals surface area contributed by atoms with E-state index in [4.69, 9.17) is 0 Å². The fourth-order valence-corrected chi connectivity index (χ4v) is 3.77. The van der Waals surface area contributed by atoms with Crippen molar-refractivity contribution >= 4 is 23.4 Å². The smallest absolute Gasteiger partial charge is 0.234 e. The van der Waals surface area contributed by atoms with Crippen molar-refractivity contribution in [2.24, 2.45) is 0 Å². The van der Waals surface area contributed by atoms with Crippen molar-refractivity contribution in [1.82, 2.24) is 14.8 Å². The van der Waals surface area contributed by atoms with Crippen LogP contribution < -0.4 is 5.32 Å². The molecule has 0 aliphatic carbocycles. The maximum Gasteiger partial charge on any atom is 0.234 e. The molecule has 0 aliphatic heterocycles. The average Bonchev–Trinajstić information content (AvgIpc) is 3.19. The van der Waals surface area contributed by atoms with Gasteiger partial charge in [-0.2, -0.15) is 0 Å². The number of nitrogens with zero attached hydrogens (tertiary/aromatic N) is 3. The number of nitrogens with one attached hydrogen (secondary N) is 1. The van der Waals surface area contributed by atoms with E-state index in [1.807, 2.05) is 31.2 Å². The minimum atomic E-state index is -0.741. The summed E-state index contributed by atoms with van der Waals surface area (Å²) in [5.74, 6) is -2.27. The van der Waals surface area contributed by atoms with Gasteiger partial charge in [-0.15, -0.1) is 10.2 Å². The second kappa shape index (κ2) is 9.27. The van der Waals surface area contributed by atoms with Crippen LogP contribution in [0.2, 0.25) is 0 Å². The highest BCUT2D eigenvalue weighted by molar-refractivity contribution is 7.99. The molecule has 162 valence electrons. The summed E-state index contributed by atoms with van der Waals surface area (Å²) in [5, 5.41) is 11.0. The van der Waals surface area contributed by atoms with E-state index in [9.17, 15) is 18.0 Å². The molecule has 4 rings (SSSR count). The maximum atomic E-state index is 14.5. The zero-order valence-corrected chi connectivity index (χ0v) is 17.7. The minimum Gasteiger partial charge on any atom is -0.323 e. The zero-order valence-electron chi connectivity index (χ0n) is 16.8. The lowest BCUT2D eigenvalue weighted by Crippen LogP contribution is -2.15. The average molecular weight is 454 g/mol. The summed E-state index contributed by atoms with van der Waals surface area (Å²) >= 11 is 1.04. The van der Waals surface area contributed by atoms with Gasteiger partial charge in [0.2, 0.25) is 5.91 Å². The highest BCUT2D eigenvalue weighted by Crippen LogP contribution is 2.29. The number of halogens is 3. The van der Waals surface area contributed by atoms with Crippen molar-refractivity contribution < 1.29 is 18.0 Å². The number of hydrogen-bond donors (Lipinski definition) is 1. The van der Waals surface area contributed by atoms with Gasteiger partial charge in [0.1, 0.15) is 17.5 Å². The molecular formula is C23H17F3N4OS. The molecule has 0 spiro atoms. The molecule has 0 fully saturated rings. The van der Waals surface area contributed by atoms with E-state index in [2.05, 4.69) is 15.5 Å². The molecule has 1 amide bonds. The van der Waals surface area contributed by atoms with Gasteiger partial charge in [0.25, 0.3) is 0 Å². The number of aromatic nitrogens is 3. The largest absolute Gasteiger partial charge is 0.323 e. The molecule has 1 aromatic heterocycles. The van der Waals surface area contributed by atoms with E-state index in [0.29, 0.717) is 10.8 Å². The molecule has 5 nitrogen and oxygen atoms in total. The van der Waals surface area contributed by atoms with Crippen molar-refractivity contribution in [3.8, 4) is 17.1 Å². The van der Waals surface area contributed by atoms with Crippen LogP contribution in [0.1, 0.15) is 5.56 Å². The fourth-order valence-electron chi connectivity index (χ4n) is 3.02. The first kappa shape index (κ1) is 21.6. The minimum absolute atomic E-state index is 0.142. The summed E-state index contributed by atoms with van der Waals surface area (Å²) in [5.41, 5.74) is 1.75. The number of aryl methyl sites for hydroxylation is 1. The van der Waals surface area contributed by atoms with Crippen LogP contribution in [0.15, 0.2) is 71.9 Å². The molecular weight excluding hydrogens is 437 g/mol. The summed E-state index contributed by atoms with van der Waals surface area (Å²) in [4.78, 5) is 12.3. The van der Waals surface area contributed by atoms with E-state index in [1.54, 1.807) is 22.8 Å². The number of benzene rings is 3. The maximum absolute atomic E-state index is 14.5. The third-order valence-corrected chi connectivity index (χ3v) is 5.50. The Hall–Kier alpha value is -3.59. The molecule has 0 radical (unpaired) electrons. The molecule has 4 aromatic rings. The summed E-state index contributed by atoms with van der Waals surface area (Å²) in [6, 6.07) is 16.5. The lowest BCUT2D eigenvalue weighted by atomic mass is 10.2. The predicted octanol–water partition coefficient (Wildman–Crippen LogP) is 5.39. The van der Waals surface area contributed by atoms with E-state index in [0.717, 1.165) is 35.5 Å². The lowest BCUT2D eigenvalue weighted by molar-refractivity contribution is -0.113. The Morgan fingerprint density at radius 2 is 1.72 bits per heavy atom. The Balaban J connectivity index is 1.62. The van der Waals surface area contributed by atoms with Gasteiger partial charge >= 0.3 is 0 Å². The van der Waals surface area contributed by atoms with E-state index in [-0.39, 0.29) is 22.8 Å². The van der Waals surface area contributed by atoms with E-state index in [1.165, 1.54) is 6.07 Å². The molecule has 0 saturated carbocycles. The molecule has 9 heteroatoms. The quantitative estimate of drug-likeness (QED) is 0.397. The summed E-state index contributed by atoms with van der Waals surface area (Å²) in [6.45, 7) is 1.94. The van der Waals surface area contributed by atoms with E-state index >= 15 is 0 Å². The molecule has 0 atom stereocenters. The SMILES string of the molecule is Cc1ccc(-n2c(SCC(=O)Nc3cc(F)ccc3F)nnc2-c2ccccc2F)cc1. The van der Waals surface area contributed by atoms with Gasteiger partial charge in [0.15, 0.2) is 11.0 Å². The monoisotopic (exact) mass is 454 g/mol. The molecule has 0 unspecified atom stereocenters. The third kappa shape index (κ3) is 4.67. The number of thioether (sulfide) groups is 1. The Kier molecular flexibility index (Phi) is 6.27. The first-order valence-electron chi connectivity index (χ1n) is 9.57. The lowest BCUT2D eigenvalue weighted by Gasteiger charge is -2.11. The first-order valence-corrected chi connectivity index (χ1v) is 10.6. The van der Waals surface area contributed by atoms with Crippen LogP contribution in [0.25, 0.3) is 17.1 Å². The number of carbonyl (C=O) groups excluding carboxylic acids is 1. The van der Waals surface area contributed by atoms with Crippen LogP contribution in [0.3, 0.4) is 0 Å². The number of anilines is 1. The Morgan fingerprint density at radius 1 is 0.969 bits per heavy atom. The van der Waals surface area contributed by atoms with Gasteiger partial charge in [0.05, 0.1) is 17.0 Å². The van der Waals surface area contributed by atoms with Crippen molar-refractivity contribution in [2.75, 3.05) is 11.1 Å². The normalized spacial score (nSPS) is 10.9. The van der Waals surface area contributed by atoms with Crippen LogP contribution in [0.5, 0.6) is 0 Å². The summed E-state index contributed by atoms with van der Waals surface area (Å²) in [7, 11) is 0. The van der Waals surface area contributed by atoms with Crippen molar-refractivity contribution in [1.29, 1.82) is 0 Å². The standard InChI is InChI=1S/C23H17F3N4OS/c1-14-6-9-16(10-7-14)30-22(17-4-2-3-5-18(17)25)28-29-23(30)32-13-21(31)27-20-12-15(24)8-11-19(20)26/h2-12H,13H2,1H3,(H,27,31).